The summed E-state index contributed by atoms with van der Waals surface area (Å²) in [4.78, 5) is 30.8. The van der Waals surface area contributed by atoms with E-state index in [-0.39, 0.29) is 17.2 Å². The lowest BCUT2D eigenvalue weighted by molar-refractivity contribution is -0.119. The minimum absolute atomic E-state index is 0.0301. The van der Waals surface area contributed by atoms with E-state index in [4.69, 9.17) is 4.98 Å². The quantitative estimate of drug-likeness (QED) is 0.463. The number of nitrogens with one attached hydrogen (secondary N) is 1. The van der Waals surface area contributed by atoms with Crippen LogP contribution in [0.2, 0.25) is 0 Å². The molecule has 3 aromatic rings. The second-order valence-corrected chi connectivity index (χ2v) is 9.34. The zero-order valence-corrected chi connectivity index (χ0v) is 17.8. The minimum Gasteiger partial charge on any atom is -0.352 e. The number of hydrogen-bond donors (Lipinski definition) is 1. The number of nitrogens with zero attached hydrogens (tertiary/aromatic N) is 2. The molecule has 0 spiro atoms. The van der Waals surface area contributed by atoms with Gasteiger partial charge in [0.15, 0.2) is 5.16 Å². The Kier molecular flexibility index (Phi) is 5.11. The highest BCUT2D eigenvalue weighted by atomic mass is 32.2. The highest BCUT2D eigenvalue weighted by Crippen LogP contribution is 2.44. The first-order valence-corrected chi connectivity index (χ1v) is 11.6. The molecule has 0 bridgehead atoms. The van der Waals surface area contributed by atoms with E-state index >= 15 is 0 Å². The number of fused-ring (bicyclic) bond motifs is 1. The third-order valence-electron chi connectivity index (χ3n) is 6.02. The standard InChI is InChI=1S/C24H25N3O2S/c1-15-6-2-5-9-20(15)27-23(29)18-7-3-4-8-19(18)25-24(27)30-14-21(28)26-22(16-10-11-16)17-12-13-17/h2-9,16-17,22H,10-14H2,1H3,(H,26,28). The van der Waals surface area contributed by atoms with E-state index in [0.29, 0.717) is 33.9 Å². The lowest BCUT2D eigenvalue weighted by atomic mass is 10.1. The monoisotopic (exact) mass is 419 g/mol. The molecule has 5 rings (SSSR count). The largest absolute Gasteiger partial charge is 0.352 e. The summed E-state index contributed by atoms with van der Waals surface area (Å²) in [5.41, 5.74) is 2.35. The maximum Gasteiger partial charge on any atom is 0.266 e. The molecule has 0 aliphatic heterocycles. The highest BCUT2D eigenvalue weighted by molar-refractivity contribution is 7.99. The molecule has 30 heavy (non-hydrogen) atoms. The van der Waals surface area contributed by atoms with Crippen molar-refractivity contribution in [3.8, 4) is 5.69 Å². The van der Waals surface area contributed by atoms with Gasteiger partial charge in [0.05, 0.1) is 22.3 Å². The Bertz CT molecular complexity index is 1150. The summed E-state index contributed by atoms with van der Waals surface area (Å²) in [7, 11) is 0. The zero-order valence-electron chi connectivity index (χ0n) is 17.0. The van der Waals surface area contributed by atoms with Gasteiger partial charge in [-0.15, -0.1) is 0 Å². The number of hydrogen-bond acceptors (Lipinski definition) is 4. The smallest absolute Gasteiger partial charge is 0.266 e. The van der Waals surface area contributed by atoms with Gasteiger partial charge >= 0.3 is 0 Å². The van der Waals surface area contributed by atoms with Crippen LogP contribution in [0, 0.1) is 18.8 Å². The number of benzene rings is 2. The topological polar surface area (TPSA) is 64.0 Å². The Labute approximate surface area is 179 Å². The molecular formula is C24H25N3O2S. The van der Waals surface area contributed by atoms with E-state index in [1.54, 1.807) is 10.6 Å². The molecule has 6 heteroatoms. The van der Waals surface area contributed by atoms with E-state index < -0.39 is 0 Å². The Balaban J connectivity index is 1.45. The van der Waals surface area contributed by atoms with Crippen LogP contribution in [0.4, 0.5) is 0 Å². The summed E-state index contributed by atoms with van der Waals surface area (Å²) in [6.45, 7) is 1.98. The molecule has 2 aromatic carbocycles. The predicted octanol–water partition coefficient (Wildman–Crippen LogP) is 4.09. The summed E-state index contributed by atoms with van der Waals surface area (Å²) in [6, 6.07) is 15.5. The van der Waals surface area contributed by atoms with Crippen molar-refractivity contribution < 1.29 is 4.79 Å². The van der Waals surface area contributed by atoms with Gasteiger partial charge in [0.1, 0.15) is 0 Å². The van der Waals surface area contributed by atoms with Crippen molar-refractivity contribution in [1.82, 2.24) is 14.9 Å². The molecule has 2 fully saturated rings. The van der Waals surface area contributed by atoms with Crippen molar-refractivity contribution in [2.75, 3.05) is 5.75 Å². The molecule has 2 aliphatic carbocycles. The lowest BCUT2D eigenvalue weighted by Gasteiger charge is -2.18. The maximum atomic E-state index is 13.3. The van der Waals surface area contributed by atoms with Crippen molar-refractivity contribution >= 4 is 28.6 Å². The number of rotatable bonds is 7. The average molecular weight is 420 g/mol. The first-order valence-electron chi connectivity index (χ1n) is 10.6. The molecule has 1 aromatic heterocycles. The molecule has 1 amide bonds. The second-order valence-electron chi connectivity index (χ2n) is 8.40. The van der Waals surface area contributed by atoms with Crippen molar-refractivity contribution in [3.63, 3.8) is 0 Å². The number of thioether (sulfide) groups is 1. The van der Waals surface area contributed by atoms with Crippen molar-refractivity contribution in [2.45, 2.75) is 43.8 Å². The predicted molar refractivity (Wildman–Crippen MR) is 120 cm³/mol. The molecule has 2 aliphatic rings. The Morgan fingerprint density at radius 1 is 1.10 bits per heavy atom. The van der Waals surface area contributed by atoms with Crippen LogP contribution in [0.5, 0.6) is 0 Å². The third kappa shape index (κ3) is 3.88. The van der Waals surface area contributed by atoms with Gasteiger partial charge < -0.3 is 5.32 Å². The summed E-state index contributed by atoms with van der Waals surface area (Å²) >= 11 is 1.33. The van der Waals surface area contributed by atoms with Gasteiger partial charge in [-0.1, -0.05) is 42.1 Å². The van der Waals surface area contributed by atoms with Gasteiger partial charge in [0.25, 0.3) is 5.56 Å². The van der Waals surface area contributed by atoms with Crippen molar-refractivity contribution in [2.24, 2.45) is 11.8 Å². The van der Waals surface area contributed by atoms with Gasteiger partial charge in [-0.2, -0.15) is 0 Å². The summed E-state index contributed by atoms with van der Waals surface area (Å²) < 4.78 is 1.65. The third-order valence-corrected chi connectivity index (χ3v) is 6.96. The fraction of sp³-hybridized carbons (Fsp3) is 0.375. The van der Waals surface area contributed by atoms with Crippen LogP contribution in [0.15, 0.2) is 58.5 Å². The molecule has 0 atom stereocenters. The number of aromatic nitrogens is 2. The Hall–Kier alpha value is -2.60. The van der Waals surface area contributed by atoms with E-state index in [0.717, 1.165) is 11.3 Å². The van der Waals surface area contributed by atoms with Crippen LogP contribution >= 0.6 is 11.8 Å². The van der Waals surface area contributed by atoms with Crippen LogP contribution in [-0.2, 0) is 4.79 Å². The first-order chi connectivity index (χ1) is 14.6. The number of carbonyl (C=O) groups is 1. The van der Waals surface area contributed by atoms with Crippen LogP contribution < -0.4 is 10.9 Å². The summed E-state index contributed by atoms with van der Waals surface area (Å²) in [5.74, 6) is 1.61. The average Bonchev–Trinajstić information content (AvgIpc) is 3.65. The van der Waals surface area contributed by atoms with Crippen molar-refractivity contribution in [3.05, 3.63) is 64.4 Å². The molecule has 0 radical (unpaired) electrons. The second kappa shape index (κ2) is 7.91. The molecule has 0 unspecified atom stereocenters. The van der Waals surface area contributed by atoms with Crippen LogP contribution in [-0.4, -0.2) is 27.3 Å². The molecule has 2 saturated carbocycles. The normalized spacial score (nSPS) is 16.2. The van der Waals surface area contributed by atoms with Gasteiger partial charge in [-0.3, -0.25) is 14.2 Å². The molecule has 0 saturated heterocycles. The lowest BCUT2D eigenvalue weighted by Crippen LogP contribution is -2.39. The molecule has 154 valence electrons. The Morgan fingerprint density at radius 2 is 1.77 bits per heavy atom. The Morgan fingerprint density at radius 3 is 2.47 bits per heavy atom. The van der Waals surface area contributed by atoms with Gasteiger partial charge in [0.2, 0.25) is 5.91 Å². The zero-order chi connectivity index (χ0) is 20.7. The fourth-order valence-electron chi connectivity index (χ4n) is 4.12. The first kappa shape index (κ1) is 19.4. The summed E-state index contributed by atoms with van der Waals surface area (Å²) in [6.07, 6.45) is 4.92. The van der Waals surface area contributed by atoms with Crippen molar-refractivity contribution in [1.29, 1.82) is 0 Å². The molecule has 1 N–H and O–H groups in total. The van der Waals surface area contributed by atoms with Gasteiger partial charge in [-0.25, -0.2) is 4.98 Å². The molecule has 5 nitrogen and oxygen atoms in total. The van der Waals surface area contributed by atoms with Crippen LogP contribution in [0.3, 0.4) is 0 Å². The van der Waals surface area contributed by atoms with E-state index in [9.17, 15) is 9.59 Å². The maximum absolute atomic E-state index is 13.3. The van der Waals surface area contributed by atoms with Crippen LogP contribution in [0.1, 0.15) is 31.2 Å². The number of amides is 1. The highest BCUT2D eigenvalue weighted by Gasteiger charge is 2.42. The van der Waals surface area contributed by atoms with E-state index in [1.807, 2.05) is 49.4 Å². The number of aryl methyl sites for hydroxylation is 1. The minimum atomic E-state index is -0.105. The van der Waals surface area contributed by atoms with Gasteiger partial charge in [0, 0.05) is 6.04 Å². The van der Waals surface area contributed by atoms with Crippen LogP contribution in [0.25, 0.3) is 16.6 Å². The fourth-order valence-corrected chi connectivity index (χ4v) is 4.94. The number of carbonyl (C=O) groups excluding carboxylic acids is 1. The van der Waals surface area contributed by atoms with E-state index in [2.05, 4.69) is 5.32 Å². The van der Waals surface area contributed by atoms with E-state index in [1.165, 1.54) is 37.4 Å². The van der Waals surface area contributed by atoms with Gasteiger partial charge in [-0.05, 0) is 68.2 Å². The SMILES string of the molecule is Cc1ccccc1-n1c(SCC(=O)NC(C2CC2)C2CC2)nc2ccccc2c1=O. The number of para-hydroxylation sites is 2. The summed E-state index contributed by atoms with van der Waals surface area (Å²) in [5, 5.41) is 4.39. The molecular weight excluding hydrogens is 394 g/mol. The molecule has 1 heterocycles.